The van der Waals surface area contributed by atoms with Crippen LogP contribution in [0.2, 0.25) is 0 Å². The monoisotopic (exact) mass is 398 g/mol. The summed E-state index contributed by atoms with van der Waals surface area (Å²) in [6.07, 6.45) is 1.70. The summed E-state index contributed by atoms with van der Waals surface area (Å²) in [5.74, 6) is -1.26. The summed E-state index contributed by atoms with van der Waals surface area (Å²) in [4.78, 5) is 25.1. The zero-order valence-electron chi connectivity index (χ0n) is 15.6. The van der Waals surface area contributed by atoms with Gasteiger partial charge in [-0.2, -0.15) is 0 Å². The number of hydrogen-bond donors (Lipinski definition) is 2. The van der Waals surface area contributed by atoms with Crippen molar-refractivity contribution in [2.24, 2.45) is 5.92 Å². The third-order valence-electron chi connectivity index (χ3n) is 4.28. The van der Waals surface area contributed by atoms with Gasteiger partial charge in [0.15, 0.2) is 0 Å². The standard InChI is InChI=1S/C18H26N2O6S/c1-3-26-15-6-8-16(9-7-15)27(24,25)19-11-10-17(21)20(14-4-5-14)12-13(2)18(22)23/h6-9,13-14,19H,3-5,10-12H2,1-2H3,(H,22,23). The Bertz CT molecular complexity index is 759. The third kappa shape index (κ3) is 6.21. The van der Waals surface area contributed by atoms with Crippen LogP contribution < -0.4 is 9.46 Å². The van der Waals surface area contributed by atoms with E-state index in [1.54, 1.807) is 24.0 Å². The van der Waals surface area contributed by atoms with Gasteiger partial charge < -0.3 is 14.7 Å². The van der Waals surface area contributed by atoms with Crippen LogP contribution in [0.4, 0.5) is 0 Å². The van der Waals surface area contributed by atoms with Gasteiger partial charge in [0.05, 0.1) is 17.4 Å². The van der Waals surface area contributed by atoms with Crippen molar-refractivity contribution in [3.63, 3.8) is 0 Å². The first-order chi connectivity index (χ1) is 12.7. The van der Waals surface area contributed by atoms with Crippen LogP contribution in [0, 0.1) is 5.92 Å². The van der Waals surface area contributed by atoms with Gasteiger partial charge >= 0.3 is 5.97 Å². The lowest BCUT2D eigenvalue weighted by Crippen LogP contribution is -2.40. The molecule has 1 saturated carbocycles. The van der Waals surface area contributed by atoms with Crippen LogP contribution in [-0.4, -0.2) is 56.0 Å². The van der Waals surface area contributed by atoms with E-state index >= 15 is 0 Å². The summed E-state index contributed by atoms with van der Waals surface area (Å²) in [6.45, 7) is 3.99. The third-order valence-corrected chi connectivity index (χ3v) is 5.75. The quantitative estimate of drug-likeness (QED) is 0.584. The highest BCUT2D eigenvalue weighted by molar-refractivity contribution is 7.89. The van der Waals surface area contributed by atoms with Crippen LogP contribution in [0.1, 0.15) is 33.1 Å². The predicted molar refractivity (Wildman–Crippen MR) is 99.0 cm³/mol. The molecule has 1 fully saturated rings. The number of amides is 1. The summed E-state index contributed by atoms with van der Waals surface area (Å²) in [7, 11) is -3.72. The molecule has 1 unspecified atom stereocenters. The van der Waals surface area contributed by atoms with E-state index in [0.717, 1.165) is 12.8 Å². The first kappa shape index (κ1) is 21.2. The molecule has 150 valence electrons. The second kappa shape index (κ2) is 9.18. The maximum Gasteiger partial charge on any atom is 0.308 e. The molecule has 1 aromatic rings. The molecule has 0 radical (unpaired) electrons. The van der Waals surface area contributed by atoms with Gasteiger partial charge in [0.25, 0.3) is 0 Å². The topological polar surface area (TPSA) is 113 Å². The van der Waals surface area contributed by atoms with Crippen molar-refractivity contribution in [1.82, 2.24) is 9.62 Å². The smallest absolute Gasteiger partial charge is 0.308 e. The van der Waals surface area contributed by atoms with Crippen molar-refractivity contribution in [2.75, 3.05) is 19.7 Å². The van der Waals surface area contributed by atoms with Crippen LogP contribution in [0.25, 0.3) is 0 Å². The Morgan fingerprint density at radius 1 is 1.30 bits per heavy atom. The molecule has 0 aliphatic heterocycles. The number of nitrogens with zero attached hydrogens (tertiary/aromatic N) is 1. The molecule has 1 aliphatic carbocycles. The van der Waals surface area contributed by atoms with Gasteiger partial charge in [-0.3, -0.25) is 9.59 Å². The van der Waals surface area contributed by atoms with E-state index in [9.17, 15) is 18.0 Å². The van der Waals surface area contributed by atoms with Crippen molar-refractivity contribution in [3.05, 3.63) is 24.3 Å². The molecule has 2 rings (SSSR count). The molecule has 0 spiro atoms. The molecule has 1 aromatic carbocycles. The van der Waals surface area contributed by atoms with E-state index in [-0.39, 0.29) is 36.4 Å². The van der Waals surface area contributed by atoms with Crippen LogP contribution in [0.15, 0.2) is 29.2 Å². The molecule has 1 amide bonds. The molecule has 8 nitrogen and oxygen atoms in total. The van der Waals surface area contributed by atoms with E-state index in [1.807, 2.05) is 6.92 Å². The largest absolute Gasteiger partial charge is 0.494 e. The van der Waals surface area contributed by atoms with Crippen molar-refractivity contribution in [1.29, 1.82) is 0 Å². The fourth-order valence-electron chi connectivity index (χ4n) is 2.61. The number of sulfonamides is 1. The van der Waals surface area contributed by atoms with Crippen LogP contribution >= 0.6 is 0 Å². The number of rotatable bonds is 11. The summed E-state index contributed by atoms with van der Waals surface area (Å²) < 4.78 is 32.3. The Morgan fingerprint density at radius 2 is 1.93 bits per heavy atom. The highest BCUT2D eigenvalue weighted by atomic mass is 32.2. The zero-order chi connectivity index (χ0) is 20.0. The van der Waals surface area contributed by atoms with E-state index in [1.165, 1.54) is 12.1 Å². The number of carbonyl (C=O) groups is 2. The van der Waals surface area contributed by atoms with Crippen molar-refractivity contribution in [3.8, 4) is 5.75 Å². The first-order valence-corrected chi connectivity index (χ1v) is 10.5. The second-order valence-electron chi connectivity index (χ2n) is 6.57. The van der Waals surface area contributed by atoms with Crippen molar-refractivity contribution >= 4 is 21.9 Å². The second-order valence-corrected chi connectivity index (χ2v) is 8.34. The van der Waals surface area contributed by atoms with Gasteiger partial charge in [0.2, 0.25) is 15.9 Å². The molecular weight excluding hydrogens is 372 g/mol. The Balaban J connectivity index is 1.89. The number of aliphatic carboxylic acids is 1. The number of carboxylic acid groups (broad SMARTS) is 1. The molecule has 27 heavy (non-hydrogen) atoms. The Hall–Kier alpha value is -2.13. The molecule has 9 heteroatoms. The number of carboxylic acids is 1. The maximum absolute atomic E-state index is 12.4. The normalized spacial score (nSPS) is 15.2. The average molecular weight is 398 g/mol. The summed E-state index contributed by atoms with van der Waals surface area (Å²) in [5.41, 5.74) is 0. The van der Waals surface area contributed by atoms with E-state index in [2.05, 4.69) is 4.72 Å². The lowest BCUT2D eigenvalue weighted by molar-refractivity contribution is -0.143. The fraction of sp³-hybridized carbons (Fsp3) is 0.556. The number of benzene rings is 1. The maximum atomic E-state index is 12.4. The minimum atomic E-state index is -3.72. The number of nitrogens with one attached hydrogen (secondary N) is 1. The number of hydrogen-bond acceptors (Lipinski definition) is 5. The molecular formula is C18H26N2O6S. The van der Waals surface area contributed by atoms with Crippen LogP contribution in [0.3, 0.4) is 0 Å². The average Bonchev–Trinajstić information content (AvgIpc) is 3.44. The summed E-state index contributed by atoms with van der Waals surface area (Å²) in [6, 6.07) is 6.11. The number of ether oxygens (including phenoxy) is 1. The molecule has 2 N–H and O–H groups in total. The van der Waals surface area contributed by atoms with E-state index in [0.29, 0.717) is 12.4 Å². The predicted octanol–water partition coefficient (Wildman–Crippen LogP) is 1.47. The first-order valence-electron chi connectivity index (χ1n) is 8.99. The molecule has 0 bridgehead atoms. The van der Waals surface area contributed by atoms with E-state index < -0.39 is 21.9 Å². The lowest BCUT2D eigenvalue weighted by Gasteiger charge is -2.24. The highest BCUT2D eigenvalue weighted by Crippen LogP contribution is 2.28. The van der Waals surface area contributed by atoms with E-state index in [4.69, 9.17) is 9.84 Å². The van der Waals surface area contributed by atoms with Gasteiger partial charge in [-0.05, 0) is 44.0 Å². The van der Waals surface area contributed by atoms with Gasteiger partial charge in [-0.25, -0.2) is 13.1 Å². The summed E-state index contributed by atoms with van der Waals surface area (Å²) >= 11 is 0. The lowest BCUT2D eigenvalue weighted by atomic mass is 10.1. The Labute approximate surface area is 159 Å². The SMILES string of the molecule is CCOc1ccc(S(=O)(=O)NCCC(=O)N(CC(C)C(=O)O)C2CC2)cc1. The van der Waals surface area contributed by atoms with Crippen LogP contribution in [-0.2, 0) is 19.6 Å². The van der Waals surface area contributed by atoms with Gasteiger partial charge in [-0.1, -0.05) is 6.92 Å². The minimum Gasteiger partial charge on any atom is -0.494 e. The van der Waals surface area contributed by atoms with Crippen molar-refractivity contribution in [2.45, 2.75) is 44.0 Å². The van der Waals surface area contributed by atoms with Crippen LogP contribution in [0.5, 0.6) is 5.75 Å². The highest BCUT2D eigenvalue weighted by Gasteiger charge is 2.34. The molecule has 1 aliphatic rings. The molecule has 0 heterocycles. The Kier molecular flexibility index (Phi) is 7.20. The minimum absolute atomic E-state index is 0.0148. The Morgan fingerprint density at radius 3 is 2.44 bits per heavy atom. The molecule has 0 aromatic heterocycles. The fourth-order valence-corrected chi connectivity index (χ4v) is 3.65. The van der Waals surface area contributed by atoms with Crippen molar-refractivity contribution < 1.29 is 27.9 Å². The molecule has 0 saturated heterocycles. The zero-order valence-corrected chi connectivity index (χ0v) is 16.4. The van der Waals surface area contributed by atoms with Gasteiger partial charge in [0.1, 0.15) is 5.75 Å². The molecule has 1 atom stereocenters. The van der Waals surface area contributed by atoms with Gasteiger partial charge in [0, 0.05) is 25.6 Å². The summed E-state index contributed by atoms with van der Waals surface area (Å²) in [5, 5.41) is 9.04. The van der Waals surface area contributed by atoms with Gasteiger partial charge in [-0.15, -0.1) is 0 Å². The number of carbonyl (C=O) groups excluding carboxylic acids is 1.